The topological polar surface area (TPSA) is 73.6 Å². The molecule has 3 aromatic rings. The largest absolute Gasteiger partial charge is 0.379 e. The van der Waals surface area contributed by atoms with Crippen LogP contribution in [0.15, 0.2) is 36.7 Å². The first-order valence-electron chi connectivity index (χ1n) is 11.3. The SMILES string of the molecule is C/C(=C\c1ncnc(NCCC2c3c(C)ccc(F)c3NC2C)c1C)c1ccc(F)c(C#N)c1. The molecule has 0 bridgehead atoms. The molecule has 7 heteroatoms. The van der Waals surface area contributed by atoms with Crippen molar-refractivity contribution in [3.8, 4) is 6.07 Å². The zero-order valence-corrected chi connectivity index (χ0v) is 19.7. The fourth-order valence-corrected chi connectivity index (χ4v) is 4.57. The van der Waals surface area contributed by atoms with E-state index in [1.165, 1.54) is 24.5 Å². The van der Waals surface area contributed by atoms with Crippen LogP contribution in [0, 0.1) is 36.8 Å². The zero-order valence-electron chi connectivity index (χ0n) is 19.7. The van der Waals surface area contributed by atoms with E-state index in [2.05, 4.69) is 27.5 Å². The summed E-state index contributed by atoms with van der Waals surface area (Å²) in [6.45, 7) is 8.63. The molecule has 1 aromatic heterocycles. The molecule has 0 amide bonds. The van der Waals surface area contributed by atoms with Gasteiger partial charge in [-0.05, 0) is 80.7 Å². The van der Waals surface area contributed by atoms with Gasteiger partial charge in [0.15, 0.2) is 0 Å². The van der Waals surface area contributed by atoms with Crippen molar-refractivity contribution >= 4 is 23.2 Å². The van der Waals surface area contributed by atoms with Gasteiger partial charge >= 0.3 is 0 Å². The first-order valence-corrected chi connectivity index (χ1v) is 11.3. The van der Waals surface area contributed by atoms with Crippen LogP contribution in [0.3, 0.4) is 0 Å². The first-order chi connectivity index (χ1) is 16.3. The van der Waals surface area contributed by atoms with Gasteiger partial charge in [0.05, 0.1) is 16.9 Å². The van der Waals surface area contributed by atoms with Crippen LogP contribution in [0.4, 0.5) is 20.3 Å². The Kier molecular flexibility index (Phi) is 6.60. The summed E-state index contributed by atoms with van der Waals surface area (Å²) >= 11 is 0. The second-order valence-electron chi connectivity index (χ2n) is 8.77. The van der Waals surface area contributed by atoms with Gasteiger partial charge in [-0.15, -0.1) is 0 Å². The number of nitrogens with one attached hydrogen (secondary N) is 2. The lowest BCUT2D eigenvalue weighted by atomic mass is 9.89. The van der Waals surface area contributed by atoms with E-state index in [9.17, 15) is 8.78 Å². The third-order valence-electron chi connectivity index (χ3n) is 6.53. The quantitative estimate of drug-likeness (QED) is 0.459. The molecule has 0 radical (unpaired) electrons. The number of hydrogen-bond donors (Lipinski definition) is 2. The van der Waals surface area contributed by atoms with Crippen molar-refractivity contribution in [2.45, 2.75) is 46.1 Å². The fraction of sp³-hybridized carbons (Fsp3) is 0.296. The van der Waals surface area contributed by atoms with Gasteiger partial charge in [-0.1, -0.05) is 12.1 Å². The van der Waals surface area contributed by atoms with Crippen molar-refractivity contribution in [1.82, 2.24) is 9.97 Å². The third kappa shape index (κ3) is 4.49. The van der Waals surface area contributed by atoms with Gasteiger partial charge in [0, 0.05) is 24.1 Å². The van der Waals surface area contributed by atoms with Crippen LogP contribution in [-0.4, -0.2) is 22.6 Å². The molecule has 2 aromatic carbocycles. The summed E-state index contributed by atoms with van der Waals surface area (Å²) in [5.74, 6) is 0.205. The molecule has 0 spiro atoms. The van der Waals surface area contributed by atoms with E-state index in [0.29, 0.717) is 12.2 Å². The standard InChI is InChI=1S/C27H27F2N5/c1-15-5-7-23(29)26-25(15)21(18(4)34-26)9-10-31-27-17(3)24(32-14-33-27)11-16(2)19-6-8-22(28)20(12-19)13-30/h5-8,11-12,14,18,21,34H,9-10H2,1-4H3,(H,31,32,33)/b16-11+. The van der Waals surface area contributed by atoms with Crippen molar-refractivity contribution < 1.29 is 8.78 Å². The van der Waals surface area contributed by atoms with Crippen LogP contribution in [0.5, 0.6) is 0 Å². The van der Waals surface area contributed by atoms with Gasteiger partial charge in [-0.3, -0.25) is 0 Å². The lowest BCUT2D eigenvalue weighted by Gasteiger charge is -2.18. The summed E-state index contributed by atoms with van der Waals surface area (Å²) in [7, 11) is 0. The highest BCUT2D eigenvalue weighted by Gasteiger charge is 2.32. The number of rotatable bonds is 6. The van der Waals surface area contributed by atoms with Gasteiger partial charge < -0.3 is 10.6 Å². The van der Waals surface area contributed by atoms with Crippen molar-refractivity contribution in [3.63, 3.8) is 0 Å². The number of nitriles is 1. The molecule has 1 aliphatic heterocycles. The average Bonchev–Trinajstić information content (AvgIpc) is 3.16. The van der Waals surface area contributed by atoms with Crippen molar-refractivity contribution in [2.75, 3.05) is 17.2 Å². The Hall–Kier alpha value is -3.79. The highest BCUT2D eigenvalue weighted by Crippen LogP contribution is 2.41. The number of anilines is 2. The Morgan fingerprint density at radius 2 is 1.94 bits per heavy atom. The van der Waals surface area contributed by atoms with E-state index in [1.807, 2.05) is 39.0 Å². The number of allylic oxidation sites excluding steroid dienone is 1. The number of halogens is 2. The summed E-state index contributed by atoms with van der Waals surface area (Å²) in [4.78, 5) is 8.79. The molecule has 174 valence electrons. The Balaban J connectivity index is 1.49. The molecule has 2 unspecified atom stereocenters. The Morgan fingerprint density at radius 3 is 2.71 bits per heavy atom. The summed E-state index contributed by atoms with van der Waals surface area (Å²) in [6, 6.07) is 9.86. The number of nitrogens with zero attached hydrogens (tertiary/aromatic N) is 3. The van der Waals surface area contributed by atoms with Crippen molar-refractivity contribution in [2.24, 2.45) is 0 Å². The van der Waals surface area contributed by atoms with Gasteiger partial charge in [0.1, 0.15) is 29.8 Å². The second kappa shape index (κ2) is 9.60. The maximum absolute atomic E-state index is 14.3. The van der Waals surface area contributed by atoms with Crippen molar-refractivity contribution in [1.29, 1.82) is 5.26 Å². The normalized spacial score (nSPS) is 17.1. The van der Waals surface area contributed by atoms with Crippen LogP contribution in [-0.2, 0) is 0 Å². The second-order valence-corrected chi connectivity index (χ2v) is 8.77. The Morgan fingerprint density at radius 1 is 1.18 bits per heavy atom. The molecule has 2 heterocycles. The maximum Gasteiger partial charge on any atom is 0.146 e. The number of benzene rings is 2. The minimum Gasteiger partial charge on any atom is -0.379 e. The van der Waals surface area contributed by atoms with E-state index < -0.39 is 5.82 Å². The molecule has 0 aliphatic carbocycles. The highest BCUT2D eigenvalue weighted by molar-refractivity contribution is 5.81. The number of hydrogen-bond acceptors (Lipinski definition) is 5. The molecule has 0 saturated carbocycles. The van der Waals surface area contributed by atoms with Crippen LogP contribution in [0.25, 0.3) is 11.6 Å². The number of aromatic nitrogens is 2. The lowest BCUT2D eigenvalue weighted by molar-refractivity contribution is 0.596. The number of fused-ring (bicyclic) bond motifs is 1. The molecule has 2 atom stereocenters. The van der Waals surface area contributed by atoms with Crippen molar-refractivity contribution in [3.05, 3.63) is 81.8 Å². The predicted molar refractivity (Wildman–Crippen MR) is 131 cm³/mol. The molecular weight excluding hydrogens is 432 g/mol. The zero-order chi connectivity index (χ0) is 24.4. The Bertz CT molecular complexity index is 1310. The predicted octanol–water partition coefficient (Wildman–Crippen LogP) is 6.20. The van der Waals surface area contributed by atoms with Crippen LogP contribution < -0.4 is 10.6 Å². The molecular formula is C27H27F2N5. The summed E-state index contributed by atoms with van der Waals surface area (Å²) in [5, 5.41) is 15.8. The van der Waals surface area contributed by atoms with E-state index in [4.69, 9.17) is 5.26 Å². The van der Waals surface area contributed by atoms with E-state index in [0.717, 1.165) is 45.8 Å². The molecule has 2 N–H and O–H groups in total. The average molecular weight is 460 g/mol. The maximum atomic E-state index is 14.3. The minimum atomic E-state index is -0.531. The van der Waals surface area contributed by atoms with Crippen LogP contribution in [0.2, 0.25) is 0 Å². The van der Waals surface area contributed by atoms with Crippen LogP contribution >= 0.6 is 0 Å². The minimum absolute atomic E-state index is 0.0133. The molecule has 5 nitrogen and oxygen atoms in total. The Labute approximate surface area is 198 Å². The molecule has 0 fully saturated rings. The molecule has 0 saturated heterocycles. The molecule has 4 rings (SSSR count). The van der Waals surface area contributed by atoms with Gasteiger partial charge in [-0.2, -0.15) is 5.26 Å². The lowest BCUT2D eigenvalue weighted by Crippen LogP contribution is -2.19. The molecule has 1 aliphatic rings. The molecule has 34 heavy (non-hydrogen) atoms. The first kappa shape index (κ1) is 23.4. The fourth-order valence-electron chi connectivity index (χ4n) is 4.57. The van der Waals surface area contributed by atoms with Gasteiger partial charge in [-0.25, -0.2) is 18.7 Å². The summed E-state index contributed by atoms with van der Waals surface area (Å²) < 4.78 is 27.9. The number of aryl methyl sites for hydroxylation is 1. The van der Waals surface area contributed by atoms with E-state index in [1.54, 1.807) is 6.07 Å². The monoisotopic (exact) mass is 459 g/mol. The smallest absolute Gasteiger partial charge is 0.146 e. The summed E-state index contributed by atoms with van der Waals surface area (Å²) in [6.07, 6.45) is 4.24. The van der Waals surface area contributed by atoms with Crippen LogP contribution in [0.1, 0.15) is 59.7 Å². The highest BCUT2D eigenvalue weighted by atomic mass is 19.1. The van der Waals surface area contributed by atoms with Gasteiger partial charge in [0.2, 0.25) is 0 Å². The van der Waals surface area contributed by atoms with Gasteiger partial charge in [0.25, 0.3) is 0 Å². The van der Waals surface area contributed by atoms with E-state index >= 15 is 0 Å². The third-order valence-corrected chi connectivity index (χ3v) is 6.53. The summed E-state index contributed by atoms with van der Waals surface area (Å²) in [5.41, 5.74) is 6.06. The van der Waals surface area contributed by atoms with E-state index in [-0.39, 0.29) is 23.3 Å².